The van der Waals surface area contributed by atoms with E-state index in [4.69, 9.17) is 13.5 Å². The number of rotatable bonds is 10. The lowest BCUT2D eigenvalue weighted by Gasteiger charge is -2.36. The van der Waals surface area contributed by atoms with E-state index < -0.39 is 15.9 Å². The summed E-state index contributed by atoms with van der Waals surface area (Å²) in [5.41, 5.74) is 0. The Bertz CT molecular complexity index is 440. The molecule has 0 aromatic heterocycles. The Morgan fingerprint density at radius 2 is 1.65 bits per heavy atom. The monoisotopic (exact) mass is 362 g/mol. The highest BCUT2D eigenvalue weighted by Crippen LogP contribution is 2.56. The zero-order chi connectivity index (χ0) is 18.1. The highest BCUT2D eigenvalue weighted by molar-refractivity contribution is 7.58. The van der Waals surface area contributed by atoms with Crippen LogP contribution in [-0.2, 0) is 18.0 Å². The summed E-state index contributed by atoms with van der Waals surface area (Å²) < 4.78 is 29.6. The van der Waals surface area contributed by atoms with E-state index >= 15 is 0 Å². The van der Waals surface area contributed by atoms with Gasteiger partial charge in [-0.3, -0.25) is 4.57 Å². The molecule has 0 saturated heterocycles. The molecule has 0 N–H and O–H groups in total. The molecule has 0 heterocycles. The third kappa shape index (κ3) is 7.49. The molecule has 0 aliphatic carbocycles. The Labute approximate surface area is 144 Å². The van der Waals surface area contributed by atoms with Crippen molar-refractivity contribution in [2.45, 2.75) is 66.1 Å². The first-order chi connectivity index (χ1) is 10.5. The smallest absolute Gasteiger partial charge is 0.360 e. The molecule has 0 bridgehead atoms. The number of allylic oxidation sites excluding steroid dienone is 3. The lowest BCUT2D eigenvalue weighted by molar-refractivity contribution is 0.227. The SMILES string of the molecule is C/C=C(/C=C/CCO[Si](C)(C)C(C)(C)C)P(=O)(OCC)OCC. The Hall–Kier alpha value is -0.193. The summed E-state index contributed by atoms with van der Waals surface area (Å²) in [5, 5.41) is 0.818. The van der Waals surface area contributed by atoms with Gasteiger partial charge < -0.3 is 13.5 Å². The van der Waals surface area contributed by atoms with E-state index in [0.717, 1.165) is 6.42 Å². The molecule has 136 valence electrons. The summed E-state index contributed by atoms with van der Waals surface area (Å²) in [6.45, 7) is 18.0. The van der Waals surface area contributed by atoms with Gasteiger partial charge in [-0.1, -0.05) is 39.0 Å². The van der Waals surface area contributed by atoms with Crippen LogP contribution in [0.15, 0.2) is 23.5 Å². The highest BCUT2D eigenvalue weighted by atomic mass is 31.2. The summed E-state index contributed by atoms with van der Waals surface area (Å²) in [7, 11) is -4.90. The van der Waals surface area contributed by atoms with Gasteiger partial charge in [0, 0.05) is 6.61 Å². The minimum absolute atomic E-state index is 0.213. The largest absolute Gasteiger partial charge is 0.417 e. The molecule has 0 aliphatic heterocycles. The van der Waals surface area contributed by atoms with Crippen molar-refractivity contribution in [1.29, 1.82) is 0 Å². The molecule has 0 aromatic rings. The molecule has 0 rings (SSSR count). The lowest BCUT2D eigenvalue weighted by atomic mass is 10.2. The predicted molar refractivity (Wildman–Crippen MR) is 102 cm³/mol. The van der Waals surface area contributed by atoms with Gasteiger partial charge in [0.25, 0.3) is 0 Å². The van der Waals surface area contributed by atoms with Gasteiger partial charge in [0.1, 0.15) is 0 Å². The van der Waals surface area contributed by atoms with Gasteiger partial charge in [-0.15, -0.1) is 0 Å². The van der Waals surface area contributed by atoms with E-state index in [1.54, 1.807) is 6.08 Å². The summed E-state index contributed by atoms with van der Waals surface area (Å²) in [4.78, 5) is 0. The fraction of sp³-hybridized carbons (Fsp3) is 0.765. The van der Waals surface area contributed by atoms with Crippen LogP contribution in [0.5, 0.6) is 0 Å². The molecule has 0 aliphatic rings. The van der Waals surface area contributed by atoms with Crippen LogP contribution in [0, 0.1) is 0 Å². The quantitative estimate of drug-likeness (QED) is 0.203. The van der Waals surface area contributed by atoms with E-state index in [1.165, 1.54) is 0 Å². The molecule has 6 heteroatoms. The van der Waals surface area contributed by atoms with Crippen molar-refractivity contribution in [2.24, 2.45) is 0 Å². The average molecular weight is 363 g/mol. The van der Waals surface area contributed by atoms with Crippen LogP contribution >= 0.6 is 7.60 Å². The van der Waals surface area contributed by atoms with Crippen LogP contribution in [0.3, 0.4) is 0 Å². The van der Waals surface area contributed by atoms with Gasteiger partial charge in [0.05, 0.1) is 18.5 Å². The molecule has 0 spiro atoms. The first kappa shape index (κ1) is 22.8. The topological polar surface area (TPSA) is 44.8 Å². The third-order valence-electron chi connectivity index (χ3n) is 4.05. The predicted octanol–water partition coefficient (Wildman–Crippen LogP) is 6.12. The van der Waals surface area contributed by atoms with Gasteiger partial charge in [-0.2, -0.15) is 0 Å². The Kier molecular flexibility index (Phi) is 9.86. The normalized spacial score (nSPS) is 14.7. The number of hydrogen-bond donors (Lipinski definition) is 0. The average Bonchev–Trinajstić information content (AvgIpc) is 2.41. The van der Waals surface area contributed by atoms with Crippen molar-refractivity contribution >= 4 is 15.9 Å². The Balaban J connectivity index is 4.67. The maximum atomic E-state index is 12.7. The van der Waals surface area contributed by atoms with E-state index in [0.29, 0.717) is 25.1 Å². The molecule has 0 atom stereocenters. The third-order valence-corrected chi connectivity index (χ3v) is 10.8. The first-order valence-electron chi connectivity index (χ1n) is 8.40. The van der Waals surface area contributed by atoms with Gasteiger partial charge in [-0.05, 0) is 45.3 Å². The van der Waals surface area contributed by atoms with Crippen LogP contribution < -0.4 is 0 Å². The molecular weight excluding hydrogens is 327 g/mol. The molecule has 0 fully saturated rings. The highest BCUT2D eigenvalue weighted by Gasteiger charge is 2.36. The summed E-state index contributed by atoms with van der Waals surface area (Å²) in [5.74, 6) is 0. The second-order valence-electron chi connectivity index (χ2n) is 6.85. The minimum Gasteiger partial charge on any atom is -0.417 e. The fourth-order valence-corrected chi connectivity index (χ4v) is 4.39. The van der Waals surface area contributed by atoms with Gasteiger partial charge >= 0.3 is 7.60 Å². The van der Waals surface area contributed by atoms with E-state index in [1.807, 2.05) is 32.9 Å². The maximum Gasteiger partial charge on any atom is 0.360 e. The summed E-state index contributed by atoms with van der Waals surface area (Å²) in [6, 6.07) is 0. The second-order valence-corrected chi connectivity index (χ2v) is 13.7. The van der Waals surface area contributed by atoms with Gasteiger partial charge in [0.2, 0.25) is 0 Å². The molecule has 0 saturated carbocycles. The first-order valence-corrected chi connectivity index (χ1v) is 12.9. The van der Waals surface area contributed by atoms with E-state index in [-0.39, 0.29) is 5.04 Å². The van der Waals surface area contributed by atoms with Crippen LogP contribution in [0.4, 0.5) is 0 Å². The maximum absolute atomic E-state index is 12.7. The zero-order valence-corrected chi connectivity index (χ0v) is 18.0. The molecule has 0 aromatic carbocycles. The van der Waals surface area contributed by atoms with Crippen molar-refractivity contribution in [2.75, 3.05) is 19.8 Å². The lowest BCUT2D eigenvalue weighted by Crippen LogP contribution is -2.40. The Morgan fingerprint density at radius 1 is 1.13 bits per heavy atom. The van der Waals surface area contributed by atoms with Crippen molar-refractivity contribution in [3.05, 3.63) is 23.5 Å². The summed E-state index contributed by atoms with van der Waals surface area (Å²) in [6.07, 6.45) is 6.38. The van der Waals surface area contributed by atoms with Gasteiger partial charge in [0.15, 0.2) is 8.32 Å². The van der Waals surface area contributed by atoms with Crippen molar-refractivity contribution < 1.29 is 18.0 Å². The molecule has 0 unspecified atom stereocenters. The van der Waals surface area contributed by atoms with Crippen molar-refractivity contribution in [1.82, 2.24) is 0 Å². The zero-order valence-electron chi connectivity index (χ0n) is 16.1. The fourth-order valence-electron chi connectivity index (χ4n) is 1.67. The van der Waals surface area contributed by atoms with Crippen LogP contribution in [0.2, 0.25) is 18.1 Å². The van der Waals surface area contributed by atoms with Crippen molar-refractivity contribution in [3.8, 4) is 0 Å². The van der Waals surface area contributed by atoms with Crippen molar-refractivity contribution in [3.63, 3.8) is 0 Å². The Morgan fingerprint density at radius 3 is 2.04 bits per heavy atom. The van der Waals surface area contributed by atoms with Gasteiger partial charge in [-0.25, -0.2) is 0 Å². The number of hydrogen-bond acceptors (Lipinski definition) is 4. The molecular formula is C17H35O4PSi. The van der Waals surface area contributed by atoms with Crippen LogP contribution in [-0.4, -0.2) is 28.1 Å². The molecule has 4 nitrogen and oxygen atoms in total. The van der Waals surface area contributed by atoms with Crippen LogP contribution in [0.1, 0.15) is 48.0 Å². The summed E-state index contributed by atoms with van der Waals surface area (Å²) >= 11 is 0. The standard InChI is InChI=1S/C17H35O4PSi/c1-9-16(22(18,19-10-2)20-11-3)14-12-13-15-21-23(7,8)17(4,5)6/h9,12,14H,10-11,13,15H2,1-8H3/b14-12+,16-9-. The molecule has 0 radical (unpaired) electrons. The second kappa shape index (κ2) is 9.95. The molecule has 0 amide bonds. The van der Waals surface area contributed by atoms with E-state index in [2.05, 4.69) is 33.9 Å². The molecule has 23 heavy (non-hydrogen) atoms. The minimum atomic E-state index is -3.20. The van der Waals surface area contributed by atoms with E-state index in [9.17, 15) is 4.57 Å². The van der Waals surface area contributed by atoms with Crippen LogP contribution in [0.25, 0.3) is 0 Å².